The quantitative estimate of drug-likeness (QED) is 0.545. The Kier molecular flexibility index (Phi) is 4.84. The number of ether oxygens (including phenoxy) is 2. The third kappa shape index (κ3) is 3.55. The van der Waals surface area contributed by atoms with Gasteiger partial charge in [-0.25, -0.2) is 4.79 Å². The normalized spacial score (nSPS) is 11.9. The van der Waals surface area contributed by atoms with Crippen LogP contribution in [0.15, 0.2) is 54.7 Å². The monoisotopic (exact) mass is 337 g/mol. The lowest BCUT2D eigenvalue weighted by Gasteiger charge is -2.12. The Morgan fingerprint density at radius 2 is 1.80 bits per heavy atom. The summed E-state index contributed by atoms with van der Waals surface area (Å²) in [6, 6.07) is 14.2. The van der Waals surface area contributed by atoms with E-state index in [1.165, 1.54) is 0 Å². The molecule has 3 rings (SSSR count). The predicted molar refractivity (Wildman–Crippen MR) is 95.1 cm³/mol. The van der Waals surface area contributed by atoms with E-state index in [2.05, 4.69) is 4.98 Å². The summed E-state index contributed by atoms with van der Waals surface area (Å²) in [5.41, 5.74) is 1.76. The minimum Gasteiger partial charge on any atom is -0.494 e. The number of rotatable bonds is 6. The molecule has 0 aliphatic heterocycles. The number of carbonyl (C=O) groups is 2. The summed E-state index contributed by atoms with van der Waals surface area (Å²) in [4.78, 5) is 27.9. The van der Waals surface area contributed by atoms with Crippen molar-refractivity contribution in [1.82, 2.24) is 4.98 Å². The average molecular weight is 337 g/mol. The molecule has 0 saturated heterocycles. The van der Waals surface area contributed by atoms with Crippen LogP contribution in [-0.2, 0) is 4.74 Å². The number of aromatic amines is 1. The molecule has 0 bridgehead atoms. The number of Topliss-reactive ketones (excluding diaryl/α,β-unsaturated/α-hetero) is 1. The highest BCUT2D eigenvalue weighted by Crippen LogP contribution is 2.20. The number of carbonyl (C=O) groups excluding carboxylic acids is 2. The fraction of sp³-hybridized carbons (Fsp3) is 0.200. The van der Waals surface area contributed by atoms with Crippen LogP contribution in [0.25, 0.3) is 10.9 Å². The first-order chi connectivity index (χ1) is 12.1. The minimum atomic E-state index is -0.877. The Bertz CT molecular complexity index is 895. The molecule has 0 spiro atoms. The Balaban J connectivity index is 1.71. The van der Waals surface area contributed by atoms with E-state index < -0.39 is 12.1 Å². The standard InChI is InChI=1S/C20H19NO4/c1-3-24-15-10-8-14(9-11-15)20(23)25-13(2)19(22)17-12-21-18-7-5-4-6-16(17)18/h4-13,21H,3H2,1-2H3/t13-/m1/s1. The van der Waals surface area contributed by atoms with Crippen LogP contribution >= 0.6 is 0 Å². The molecule has 0 aliphatic rings. The van der Waals surface area contributed by atoms with Crippen molar-refractivity contribution in [2.24, 2.45) is 0 Å². The Morgan fingerprint density at radius 3 is 2.52 bits per heavy atom. The first-order valence-corrected chi connectivity index (χ1v) is 8.14. The Labute approximate surface area is 145 Å². The van der Waals surface area contributed by atoms with E-state index in [-0.39, 0.29) is 5.78 Å². The SMILES string of the molecule is CCOc1ccc(C(=O)O[C@H](C)C(=O)c2c[nH]c3ccccc23)cc1. The smallest absolute Gasteiger partial charge is 0.338 e. The van der Waals surface area contributed by atoms with Gasteiger partial charge in [0.15, 0.2) is 6.10 Å². The maximum absolute atomic E-state index is 12.6. The molecule has 0 aliphatic carbocycles. The number of hydrogen-bond donors (Lipinski definition) is 1. The van der Waals surface area contributed by atoms with Crippen LogP contribution in [0.3, 0.4) is 0 Å². The van der Waals surface area contributed by atoms with Crippen LogP contribution < -0.4 is 4.74 Å². The lowest BCUT2D eigenvalue weighted by Crippen LogP contribution is -2.24. The number of ketones is 1. The number of fused-ring (bicyclic) bond motifs is 1. The highest BCUT2D eigenvalue weighted by Gasteiger charge is 2.22. The van der Waals surface area contributed by atoms with Crippen molar-refractivity contribution in [3.63, 3.8) is 0 Å². The molecule has 0 radical (unpaired) electrons. The lowest BCUT2D eigenvalue weighted by atomic mass is 10.1. The molecule has 0 amide bonds. The van der Waals surface area contributed by atoms with Gasteiger partial charge in [0.2, 0.25) is 5.78 Å². The van der Waals surface area contributed by atoms with Gasteiger partial charge >= 0.3 is 5.97 Å². The first-order valence-electron chi connectivity index (χ1n) is 8.14. The van der Waals surface area contributed by atoms with Gasteiger partial charge in [-0.2, -0.15) is 0 Å². The van der Waals surface area contributed by atoms with Gasteiger partial charge in [0.25, 0.3) is 0 Å². The molecule has 5 heteroatoms. The van der Waals surface area contributed by atoms with Crippen molar-refractivity contribution in [2.75, 3.05) is 6.61 Å². The molecule has 1 atom stereocenters. The fourth-order valence-corrected chi connectivity index (χ4v) is 2.63. The zero-order valence-corrected chi connectivity index (χ0v) is 14.1. The molecule has 1 heterocycles. The van der Waals surface area contributed by atoms with Crippen LogP contribution in [0.1, 0.15) is 34.6 Å². The number of aromatic nitrogens is 1. The van der Waals surface area contributed by atoms with Gasteiger partial charge in [0.05, 0.1) is 12.2 Å². The molecule has 128 valence electrons. The van der Waals surface area contributed by atoms with Gasteiger partial charge in [-0.3, -0.25) is 4.79 Å². The number of esters is 1. The topological polar surface area (TPSA) is 68.4 Å². The molecule has 1 N–H and O–H groups in total. The van der Waals surface area contributed by atoms with E-state index in [0.29, 0.717) is 23.5 Å². The van der Waals surface area contributed by atoms with E-state index in [1.54, 1.807) is 37.4 Å². The molecule has 0 saturated carbocycles. The van der Waals surface area contributed by atoms with Crippen LogP contribution in [-0.4, -0.2) is 29.4 Å². The molecule has 0 unspecified atom stereocenters. The second-order valence-electron chi connectivity index (χ2n) is 5.62. The van der Waals surface area contributed by atoms with E-state index in [9.17, 15) is 9.59 Å². The van der Waals surface area contributed by atoms with Gasteiger partial charge in [0, 0.05) is 22.7 Å². The van der Waals surface area contributed by atoms with Crippen molar-refractivity contribution < 1.29 is 19.1 Å². The molecule has 2 aromatic carbocycles. The summed E-state index contributed by atoms with van der Waals surface area (Å²) in [7, 11) is 0. The Morgan fingerprint density at radius 1 is 1.08 bits per heavy atom. The average Bonchev–Trinajstić information content (AvgIpc) is 3.06. The number of hydrogen-bond acceptors (Lipinski definition) is 4. The molecule has 5 nitrogen and oxygen atoms in total. The van der Waals surface area contributed by atoms with E-state index >= 15 is 0 Å². The maximum atomic E-state index is 12.6. The predicted octanol–water partition coefficient (Wildman–Crippen LogP) is 3.99. The van der Waals surface area contributed by atoms with Gasteiger partial charge in [-0.05, 0) is 44.2 Å². The summed E-state index contributed by atoms with van der Waals surface area (Å²) in [6.45, 7) is 4.02. The van der Waals surface area contributed by atoms with Gasteiger partial charge in [-0.1, -0.05) is 18.2 Å². The van der Waals surface area contributed by atoms with Gasteiger partial charge in [0.1, 0.15) is 5.75 Å². The highest BCUT2D eigenvalue weighted by atomic mass is 16.5. The number of nitrogens with one attached hydrogen (secondary N) is 1. The Hall–Kier alpha value is -3.08. The first kappa shape index (κ1) is 16.8. The molecular weight excluding hydrogens is 318 g/mol. The third-order valence-electron chi connectivity index (χ3n) is 3.91. The molecule has 1 aromatic heterocycles. The third-order valence-corrected chi connectivity index (χ3v) is 3.91. The van der Waals surface area contributed by atoms with Crippen LogP contribution in [0.2, 0.25) is 0 Å². The molecular formula is C20H19NO4. The number of para-hydroxylation sites is 1. The van der Waals surface area contributed by atoms with Gasteiger partial charge in [-0.15, -0.1) is 0 Å². The maximum Gasteiger partial charge on any atom is 0.338 e. The number of benzene rings is 2. The van der Waals surface area contributed by atoms with Crippen LogP contribution in [0.5, 0.6) is 5.75 Å². The molecule has 25 heavy (non-hydrogen) atoms. The second kappa shape index (κ2) is 7.21. The van der Waals surface area contributed by atoms with E-state index in [0.717, 1.165) is 10.9 Å². The second-order valence-corrected chi connectivity index (χ2v) is 5.62. The van der Waals surface area contributed by atoms with E-state index in [4.69, 9.17) is 9.47 Å². The summed E-state index contributed by atoms with van der Waals surface area (Å²) in [6.07, 6.45) is 0.770. The molecule has 0 fully saturated rings. The van der Waals surface area contributed by atoms with E-state index in [1.807, 2.05) is 31.2 Å². The summed E-state index contributed by atoms with van der Waals surface area (Å²) >= 11 is 0. The minimum absolute atomic E-state index is 0.239. The molecule has 3 aromatic rings. The van der Waals surface area contributed by atoms with Gasteiger partial charge < -0.3 is 14.5 Å². The fourth-order valence-electron chi connectivity index (χ4n) is 2.63. The van der Waals surface area contributed by atoms with Crippen molar-refractivity contribution >= 4 is 22.7 Å². The number of H-pyrrole nitrogens is 1. The highest BCUT2D eigenvalue weighted by molar-refractivity contribution is 6.10. The lowest BCUT2D eigenvalue weighted by molar-refractivity contribution is 0.0319. The van der Waals surface area contributed by atoms with Crippen molar-refractivity contribution in [1.29, 1.82) is 0 Å². The van der Waals surface area contributed by atoms with Crippen LogP contribution in [0.4, 0.5) is 0 Å². The summed E-state index contributed by atoms with van der Waals surface area (Å²) < 4.78 is 10.7. The summed E-state index contributed by atoms with van der Waals surface area (Å²) in [5, 5.41) is 0.816. The van der Waals surface area contributed by atoms with Crippen LogP contribution in [0, 0.1) is 0 Å². The summed E-state index contributed by atoms with van der Waals surface area (Å²) in [5.74, 6) is -0.0950. The van der Waals surface area contributed by atoms with Crippen molar-refractivity contribution in [2.45, 2.75) is 20.0 Å². The van der Waals surface area contributed by atoms with Crippen molar-refractivity contribution in [3.05, 3.63) is 65.9 Å². The zero-order chi connectivity index (χ0) is 17.8. The zero-order valence-electron chi connectivity index (χ0n) is 14.1. The van der Waals surface area contributed by atoms with Crippen molar-refractivity contribution in [3.8, 4) is 5.75 Å². The largest absolute Gasteiger partial charge is 0.494 e.